The highest BCUT2D eigenvalue weighted by atomic mass is 16.5. The second kappa shape index (κ2) is 10.5. The lowest BCUT2D eigenvalue weighted by molar-refractivity contribution is 0.0952. The molecule has 146 valence electrons. The maximum absolute atomic E-state index is 12.3. The summed E-state index contributed by atoms with van der Waals surface area (Å²) in [6.07, 6.45) is 1.77. The Bertz CT molecular complexity index is 726. The van der Waals surface area contributed by atoms with E-state index >= 15 is 0 Å². The van der Waals surface area contributed by atoms with Gasteiger partial charge in [-0.05, 0) is 63.9 Å². The molecule has 2 rings (SSSR count). The number of carbonyl (C=O) groups excluding carboxylic acids is 1. The highest BCUT2D eigenvalue weighted by molar-refractivity contribution is 5.94. The normalized spacial score (nSPS) is 10.6. The van der Waals surface area contributed by atoms with E-state index < -0.39 is 0 Å². The minimum absolute atomic E-state index is 0.0423. The van der Waals surface area contributed by atoms with Crippen molar-refractivity contribution in [2.24, 2.45) is 0 Å². The van der Waals surface area contributed by atoms with Crippen molar-refractivity contribution in [2.45, 2.75) is 39.7 Å². The summed E-state index contributed by atoms with van der Waals surface area (Å²) in [6, 6.07) is 13.2. The largest absolute Gasteiger partial charge is 0.494 e. The van der Waals surface area contributed by atoms with Crippen molar-refractivity contribution >= 4 is 5.91 Å². The topological polar surface area (TPSA) is 56.8 Å². The van der Waals surface area contributed by atoms with Crippen LogP contribution in [0.15, 0.2) is 42.5 Å². The average Bonchev–Trinajstić information content (AvgIpc) is 2.65. The molecule has 1 N–H and O–H groups in total. The van der Waals surface area contributed by atoms with Crippen molar-refractivity contribution in [1.82, 2.24) is 5.32 Å². The third-order valence-corrected chi connectivity index (χ3v) is 3.93. The molecule has 0 aliphatic carbocycles. The maximum atomic E-state index is 12.3. The monoisotopic (exact) mass is 371 g/mol. The Hall–Kier alpha value is -2.69. The molecule has 0 aromatic heterocycles. The van der Waals surface area contributed by atoms with Crippen molar-refractivity contribution in [3.05, 3.63) is 53.6 Å². The number of ether oxygens (including phenoxy) is 3. The molecule has 0 radical (unpaired) electrons. The number of hydrogen-bond acceptors (Lipinski definition) is 4. The van der Waals surface area contributed by atoms with Crippen LogP contribution < -0.4 is 19.5 Å². The SMILES string of the molecule is COc1cc(C(=O)NCCCCOc2ccc(C)cc2)ccc1OC(C)C. The van der Waals surface area contributed by atoms with Gasteiger partial charge < -0.3 is 19.5 Å². The quantitative estimate of drug-likeness (QED) is 0.630. The molecule has 0 heterocycles. The molecule has 5 heteroatoms. The van der Waals surface area contributed by atoms with E-state index in [1.807, 2.05) is 45.0 Å². The fourth-order valence-electron chi connectivity index (χ4n) is 2.52. The molecule has 0 bridgehead atoms. The summed E-state index contributed by atoms with van der Waals surface area (Å²) < 4.78 is 16.7. The lowest BCUT2D eigenvalue weighted by Gasteiger charge is -2.14. The predicted octanol–water partition coefficient (Wildman–Crippen LogP) is 4.38. The molecule has 0 aliphatic heterocycles. The first kappa shape index (κ1) is 20.6. The number of amides is 1. The number of benzene rings is 2. The van der Waals surface area contributed by atoms with Gasteiger partial charge in [0, 0.05) is 12.1 Å². The predicted molar refractivity (Wildman–Crippen MR) is 107 cm³/mol. The van der Waals surface area contributed by atoms with Crippen LogP contribution in [0.3, 0.4) is 0 Å². The Balaban J connectivity index is 1.72. The van der Waals surface area contributed by atoms with Gasteiger partial charge in [0.05, 0.1) is 19.8 Å². The van der Waals surface area contributed by atoms with E-state index in [9.17, 15) is 4.79 Å². The van der Waals surface area contributed by atoms with E-state index in [-0.39, 0.29) is 12.0 Å². The molecule has 0 spiro atoms. The third kappa shape index (κ3) is 6.85. The van der Waals surface area contributed by atoms with Gasteiger partial charge in [-0.3, -0.25) is 4.79 Å². The van der Waals surface area contributed by atoms with Gasteiger partial charge in [-0.15, -0.1) is 0 Å². The Kier molecular flexibility index (Phi) is 7.99. The Morgan fingerprint density at radius 3 is 2.44 bits per heavy atom. The molecule has 0 unspecified atom stereocenters. The van der Waals surface area contributed by atoms with Gasteiger partial charge in [-0.25, -0.2) is 0 Å². The Morgan fingerprint density at radius 1 is 1.04 bits per heavy atom. The summed E-state index contributed by atoms with van der Waals surface area (Å²) in [5.74, 6) is 1.95. The molecular weight excluding hydrogens is 342 g/mol. The molecule has 0 fully saturated rings. The van der Waals surface area contributed by atoms with Gasteiger partial charge in [0.25, 0.3) is 5.91 Å². The summed E-state index contributed by atoms with van der Waals surface area (Å²) >= 11 is 0. The summed E-state index contributed by atoms with van der Waals surface area (Å²) in [6.45, 7) is 7.18. The van der Waals surface area contributed by atoms with E-state index in [0.29, 0.717) is 30.2 Å². The molecule has 2 aromatic carbocycles. The van der Waals surface area contributed by atoms with E-state index in [4.69, 9.17) is 14.2 Å². The van der Waals surface area contributed by atoms with Crippen LogP contribution in [0.25, 0.3) is 0 Å². The standard InChI is InChI=1S/C22H29NO4/c1-16(2)27-20-12-9-18(15-21(20)25-4)22(24)23-13-5-6-14-26-19-10-7-17(3)8-11-19/h7-12,15-16H,5-6,13-14H2,1-4H3,(H,23,24). The van der Waals surface area contributed by atoms with Gasteiger partial charge in [-0.2, -0.15) is 0 Å². The fourth-order valence-corrected chi connectivity index (χ4v) is 2.52. The molecule has 2 aromatic rings. The number of carbonyl (C=O) groups is 1. The highest BCUT2D eigenvalue weighted by Gasteiger charge is 2.11. The minimum Gasteiger partial charge on any atom is -0.494 e. The lowest BCUT2D eigenvalue weighted by atomic mass is 10.2. The summed E-state index contributed by atoms with van der Waals surface area (Å²) in [7, 11) is 1.57. The summed E-state index contributed by atoms with van der Waals surface area (Å²) in [4.78, 5) is 12.3. The third-order valence-electron chi connectivity index (χ3n) is 3.93. The fraction of sp³-hybridized carbons (Fsp3) is 0.409. The zero-order valence-corrected chi connectivity index (χ0v) is 16.6. The first-order chi connectivity index (χ1) is 13.0. The zero-order chi connectivity index (χ0) is 19.6. The van der Waals surface area contributed by atoms with Crippen molar-refractivity contribution in [2.75, 3.05) is 20.3 Å². The Labute approximate surface area is 161 Å². The second-order valence-electron chi connectivity index (χ2n) is 6.66. The van der Waals surface area contributed by atoms with Crippen LogP contribution in [0.2, 0.25) is 0 Å². The highest BCUT2D eigenvalue weighted by Crippen LogP contribution is 2.28. The van der Waals surface area contributed by atoms with Crippen molar-refractivity contribution in [3.8, 4) is 17.2 Å². The first-order valence-corrected chi connectivity index (χ1v) is 9.32. The van der Waals surface area contributed by atoms with Crippen molar-refractivity contribution < 1.29 is 19.0 Å². The minimum atomic E-state index is -0.121. The molecular formula is C22H29NO4. The van der Waals surface area contributed by atoms with Crippen LogP contribution in [-0.2, 0) is 0 Å². The number of nitrogens with one attached hydrogen (secondary N) is 1. The molecule has 0 atom stereocenters. The van der Waals surface area contributed by atoms with E-state index in [1.165, 1.54) is 5.56 Å². The van der Waals surface area contributed by atoms with Crippen LogP contribution in [0.1, 0.15) is 42.6 Å². The van der Waals surface area contributed by atoms with Gasteiger partial charge in [0.2, 0.25) is 0 Å². The van der Waals surface area contributed by atoms with Crippen molar-refractivity contribution in [3.63, 3.8) is 0 Å². The summed E-state index contributed by atoms with van der Waals surface area (Å²) in [5.41, 5.74) is 1.77. The number of aryl methyl sites for hydroxylation is 1. The number of unbranched alkanes of at least 4 members (excludes halogenated alkanes) is 1. The Morgan fingerprint density at radius 2 is 1.78 bits per heavy atom. The van der Waals surface area contributed by atoms with Crippen molar-refractivity contribution in [1.29, 1.82) is 0 Å². The number of rotatable bonds is 10. The van der Waals surface area contributed by atoms with Crippen LogP contribution in [0.4, 0.5) is 0 Å². The van der Waals surface area contributed by atoms with E-state index in [1.54, 1.807) is 25.3 Å². The smallest absolute Gasteiger partial charge is 0.251 e. The molecule has 0 aliphatic rings. The molecule has 5 nitrogen and oxygen atoms in total. The maximum Gasteiger partial charge on any atom is 0.251 e. The number of hydrogen-bond donors (Lipinski definition) is 1. The van der Waals surface area contributed by atoms with E-state index in [0.717, 1.165) is 18.6 Å². The molecule has 1 amide bonds. The van der Waals surface area contributed by atoms with E-state index in [2.05, 4.69) is 5.32 Å². The van der Waals surface area contributed by atoms with Gasteiger partial charge >= 0.3 is 0 Å². The van der Waals surface area contributed by atoms with Gasteiger partial charge in [0.15, 0.2) is 11.5 Å². The van der Waals surface area contributed by atoms with Crippen LogP contribution >= 0.6 is 0 Å². The molecule has 0 saturated carbocycles. The molecule has 0 saturated heterocycles. The van der Waals surface area contributed by atoms with Crippen LogP contribution in [0, 0.1) is 6.92 Å². The second-order valence-corrected chi connectivity index (χ2v) is 6.66. The summed E-state index contributed by atoms with van der Waals surface area (Å²) in [5, 5.41) is 2.93. The van der Waals surface area contributed by atoms with Crippen LogP contribution in [0.5, 0.6) is 17.2 Å². The van der Waals surface area contributed by atoms with Gasteiger partial charge in [-0.1, -0.05) is 17.7 Å². The molecule has 27 heavy (non-hydrogen) atoms. The average molecular weight is 371 g/mol. The number of methoxy groups -OCH3 is 1. The van der Waals surface area contributed by atoms with Crippen LogP contribution in [-0.4, -0.2) is 32.3 Å². The first-order valence-electron chi connectivity index (χ1n) is 9.32. The lowest BCUT2D eigenvalue weighted by Crippen LogP contribution is -2.24. The zero-order valence-electron chi connectivity index (χ0n) is 16.6. The van der Waals surface area contributed by atoms with Gasteiger partial charge in [0.1, 0.15) is 5.75 Å².